The van der Waals surface area contributed by atoms with Gasteiger partial charge in [0.1, 0.15) is 0 Å². The molecule has 0 heterocycles. The van der Waals surface area contributed by atoms with Gasteiger partial charge < -0.3 is 5.32 Å². The van der Waals surface area contributed by atoms with Gasteiger partial charge in [-0.05, 0) is 70.4 Å². The van der Waals surface area contributed by atoms with Crippen molar-refractivity contribution in [1.29, 1.82) is 0 Å². The van der Waals surface area contributed by atoms with Gasteiger partial charge in [-0.1, -0.05) is 60.5 Å². The Bertz CT molecular complexity index is 598. The summed E-state index contributed by atoms with van der Waals surface area (Å²) < 4.78 is 2.42. The number of rotatable bonds is 6. The molecule has 1 atom stereocenters. The molecule has 0 spiro atoms. The first-order chi connectivity index (χ1) is 10.2. The highest BCUT2D eigenvalue weighted by atomic mass is 127. The number of hydrogen-bond acceptors (Lipinski definition) is 1. The summed E-state index contributed by atoms with van der Waals surface area (Å²) in [4.78, 5) is 0. The molecule has 2 rings (SSSR count). The predicted octanol–water partition coefficient (Wildman–Crippen LogP) is 5.71. The third kappa shape index (κ3) is 4.54. The summed E-state index contributed by atoms with van der Waals surface area (Å²) in [7, 11) is 0. The van der Waals surface area contributed by atoms with Crippen LogP contribution in [-0.4, -0.2) is 6.54 Å². The fourth-order valence-corrected chi connectivity index (χ4v) is 3.56. The number of nitrogens with one attached hydrogen (secondary N) is 1. The van der Waals surface area contributed by atoms with Crippen molar-refractivity contribution in [3.8, 4) is 0 Å². The van der Waals surface area contributed by atoms with Crippen LogP contribution in [0.15, 0.2) is 46.9 Å². The molecule has 2 aromatic carbocycles. The minimum Gasteiger partial charge on any atom is -0.306 e. The van der Waals surface area contributed by atoms with E-state index in [0.717, 1.165) is 17.4 Å². The minimum atomic E-state index is 0.232. The molecule has 0 saturated carbocycles. The van der Waals surface area contributed by atoms with Gasteiger partial charge in [0, 0.05) is 8.04 Å². The number of aryl methyl sites for hydroxylation is 1. The van der Waals surface area contributed by atoms with Crippen molar-refractivity contribution < 1.29 is 0 Å². The molecular weight excluding hydrogens is 437 g/mol. The van der Waals surface area contributed by atoms with E-state index in [2.05, 4.69) is 100 Å². The summed E-state index contributed by atoms with van der Waals surface area (Å²) in [5.41, 5.74) is 4.06. The topological polar surface area (TPSA) is 12.0 Å². The summed E-state index contributed by atoms with van der Waals surface area (Å²) in [6.45, 7) is 5.33. The molecule has 0 saturated heterocycles. The van der Waals surface area contributed by atoms with Crippen LogP contribution in [-0.2, 0) is 6.42 Å². The first-order valence-electron chi connectivity index (χ1n) is 7.42. The second kappa shape index (κ2) is 8.30. The second-order valence-electron chi connectivity index (χ2n) is 5.15. The molecule has 0 radical (unpaired) electrons. The second-order valence-corrected chi connectivity index (χ2v) is 7.25. The maximum Gasteiger partial charge on any atom is 0.0588 e. The first kappa shape index (κ1) is 17.0. The van der Waals surface area contributed by atoms with Crippen LogP contribution in [0.2, 0.25) is 0 Å². The van der Waals surface area contributed by atoms with Crippen molar-refractivity contribution in [2.24, 2.45) is 0 Å². The molecule has 1 nitrogen and oxygen atoms in total. The van der Waals surface area contributed by atoms with Crippen molar-refractivity contribution in [3.63, 3.8) is 0 Å². The number of benzene rings is 2. The Hall–Kier alpha value is -0.390. The van der Waals surface area contributed by atoms with E-state index in [1.165, 1.54) is 26.7 Å². The smallest absolute Gasteiger partial charge is 0.0588 e. The molecule has 21 heavy (non-hydrogen) atoms. The van der Waals surface area contributed by atoms with Gasteiger partial charge in [0.05, 0.1) is 6.04 Å². The fourth-order valence-electron chi connectivity index (χ4n) is 2.56. The summed E-state index contributed by atoms with van der Waals surface area (Å²) >= 11 is 6.08. The molecule has 3 heteroatoms. The zero-order valence-electron chi connectivity index (χ0n) is 12.5. The van der Waals surface area contributed by atoms with Crippen molar-refractivity contribution >= 4 is 38.5 Å². The molecule has 0 aliphatic rings. The van der Waals surface area contributed by atoms with Crippen LogP contribution in [0.3, 0.4) is 0 Å². The normalized spacial score (nSPS) is 12.4. The molecule has 1 unspecified atom stereocenters. The van der Waals surface area contributed by atoms with Crippen LogP contribution in [0, 0.1) is 3.57 Å². The molecule has 0 amide bonds. The lowest BCUT2D eigenvalue weighted by atomic mass is 9.96. The Labute approximate surface area is 149 Å². The molecular formula is C18H21BrIN. The lowest BCUT2D eigenvalue weighted by molar-refractivity contribution is 0.627. The van der Waals surface area contributed by atoms with E-state index in [0.29, 0.717) is 0 Å². The van der Waals surface area contributed by atoms with E-state index in [9.17, 15) is 0 Å². The van der Waals surface area contributed by atoms with Crippen molar-refractivity contribution in [2.45, 2.75) is 32.7 Å². The van der Waals surface area contributed by atoms with Crippen LogP contribution in [0.5, 0.6) is 0 Å². The van der Waals surface area contributed by atoms with Gasteiger partial charge in [0.25, 0.3) is 0 Å². The van der Waals surface area contributed by atoms with Gasteiger partial charge in [-0.3, -0.25) is 0 Å². The molecule has 1 N–H and O–H groups in total. The number of hydrogen-bond donors (Lipinski definition) is 1. The Morgan fingerprint density at radius 2 is 1.95 bits per heavy atom. The van der Waals surface area contributed by atoms with Crippen LogP contribution in [0.4, 0.5) is 0 Å². The SMILES string of the molecule is CCCc1cccc(C(NCC)c2cc(I)ccc2Br)c1. The van der Waals surface area contributed by atoms with E-state index in [1.807, 2.05) is 0 Å². The molecule has 0 bridgehead atoms. The van der Waals surface area contributed by atoms with Crippen molar-refractivity contribution in [2.75, 3.05) is 6.54 Å². The predicted molar refractivity (Wildman–Crippen MR) is 103 cm³/mol. The summed E-state index contributed by atoms with van der Waals surface area (Å²) in [5, 5.41) is 3.62. The summed E-state index contributed by atoms with van der Waals surface area (Å²) in [6, 6.07) is 15.7. The maximum atomic E-state index is 3.70. The largest absolute Gasteiger partial charge is 0.306 e. The molecule has 0 fully saturated rings. The lowest BCUT2D eigenvalue weighted by Crippen LogP contribution is -2.22. The maximum absolute atomic E-state index is 3.70. The molecule has 0 aliphatic carbocycles. The van der Waals surface area contributed by atoms with Gasteiger partial charge in [-0.15, -0.1) is 0 Å². The molecule has 2 aromatic rings. The Balaban J connectivity index is 2.42. The van der Waals surface area contributed by atoms with E-state index >= 15 is 0 Å². The third-order valence-corrected chi connectivity index (χ3v) is 4.89. The standard InChI is InChI=1S/C18H21BrIN/c1-3-6-13-7-5-8-14(11-13)18(21-4-2)16-12-15(20)9-10-17(16)19/h5,7-12,18,21H,3-4,6H2,1-2H3. The highest BCUT2D eigenvalue weighted by Gasteiger charge is 2.16. The third-order valence-electron chi connectivity index (χ3n) is 3.50. The Morgan fingerprint density at radius 1 is 1.14 bits per heavy atom. The van der Waals surface area contributed by atoms with E-state index in [-0.39, 0.29) is 6.04 Å². The quantitative estimate of drug-likeness (QED) is 0.548. The highest BCUT2D eigenvalue weighted by Crippen LogP contribution is 2.30. The monoisotopic (exact) mass is 457 g/mol. The van der Waals surface area contributed by atoms with Crippen LogP contribution in [0.1, 0.15) is 43.0 Å². The molecule has 0 aromatic heterocycles. The van der Waals surface area contributed by atoms with Gasteiger partial charge >= 0.3 is 0 Å². The summed E-state index contributed by atoms with van der Waals surface area (Å²) in [5.74, 6) is 0. The van der Waals surface area contributed by atoms with Crippen LogP contribution >= 0.6 is 38.5 Å². The zero-order chi connectivity index (χ0) is 15.2. The highest BCUT2D eigenvalue weighted by molar-refractivity contribution is 14.1. The fraction of sp³-hybridized carbons (Fsp3) is 0.333. The van der Waals surface area contributed by atoms with Gasteiger partial charge in [0.2, 0.25) is 0 Å². The lowest BCUT2D eigenvalue weighted by Gasteiger charge is -2.21. The average molecular weight is 458 g/mol. The van der Waals surface area contributed by atoms with Gasteiger partial charge in [-0.25, -0.2) is 0 Å². The van der Waals surface area contributed by atoms with E-state index < -0.39 is 0 Å². The molecule has 0 aliphatic heterocycles. The van der Waals surface area contributed by atoms with Crippen molar-refractivity contribution in [1.82, 2.24) is 5.32 Å². The number of halogens is 2. The van der Waals surface area contributed by atoms with Crippen LogP contribution in [0.25, 0.3) is 0 Å². The Kier molecular flexibility index (Phi) is 6.71. The van der Waals surface area contributed by atoms with Gasteiger partial charge in [0.15, 0.2) is 0 Å². The van der Waals surface area contributed by atoms with Crippen molar-refractivity contribution in [3.05, 3.63) is 67.2 Å². The van der Waals surface area contributed by atoms with E-state index in [4.69, 9.17) is 0 Å². The molecule has 112 valence electrons. The van der Waals surface area contributed by atoms with Gasteiger partial charge in [-0.2, -0.15) is 0 Å². The first-order valence-corrected chi connectivity index (χ1v) is 9.30. The van der Waals surface area contributed by atoms with Crippen LogP contribution < -0.4 is 5.32 Å². The van der Waals surface area contributed by atoms with E-state index in [1.54, 1.807) is 0 Å². The Morgan fingerprint density at radius 3 is 2.67 bits per heavy atom. The average Bonchev–Trinajstić information content (AvgIpc) is 2.48. The minimum absolute atomic E-state index is 0.232. The zero-order valence-corrected chi connectivity index (χ0v) is 16.2. The summed E-state index contributed by atoms with van der Waals surface area (Å²) in [6.07, 6.45) is 2.32.